The van der Waals surface area contributed by atoms with Gasteiger partial charge in [-0.25, -0.2) is 9.78 Å². The molecule has 170 valence electrons. The number of carbonyl (C=O) groups is 1. The predicted molar refractivity (Wildman–Crippen MR) is 142 cm³/mol. The Labute approximate surface area is 207 Å². The Morgan fingerprint density at radius 3 is 2.03 bits per heavy atom. The van der Waals surface area contributed by atoms with Gasteiger partial charge in [-0.05, 0) is 47.5 Å². The average molecular weight is 476 g/mol. The number of thiazole rings is 1. The van der Waals surface area contributed by atoms with Crippen molar-refractivity contribution < 1.29 is 9.53 Å². The molecule has 0 fully saturated rings. The van der Waals surface area contributed by atoms with E-state index < -0.39 is 0 Å². The molecule has 0 bridgehead atoms. The summed E-state index contributed by atoms with van der Waals surface area (Å²) in [6.45, 7) is 0. The van der Waals surface area contributed by atoms with E-state index in [9.17, 15) is 4.79 Å². The van der Waals surface area contributed by atoms with Crippen LogP contribution >= 0.6 is 11.3 Å². The number of rotatable bonds is 7. The molecule has 4 aromatic carbocycles. The van der Waals surface area contributed by atoms with Crippen molar-refractivity contribution in [1.82, 2.24) is 4.98 Å². The molecule has 6 heteroatoms. The van der Waals surface area contributed by atoms with E-state index in [1.165, 1.54) is 0 Å². The molecule has 0 aliphatic carbocycles. The molecule has 35 heavy (non-hydrogen) atoms. The van der Waals surface area contributed by atoms with E-state index in [0.717, 1.165) is 27.3 Å². The van der Waals surface area contributed by atoms with Gasteiger partial charge in [0.05, 0.1) is 22.3 Å². The van der Waals surface area contributed by atoms with E-state index in [4.69, 9.17) is 9.72 Å². The second-order valence-corrected chi connectivity index (χ2v) is 8.62. The first-order valence-corrected chi connectivity index (χ1v) is 11.9. The van der Waals surface area contributed by atoms with Gasteiger partial charge in [-0.15, -0.1) is 0 Å². The van der Waals surface area contributed by atoms with E-state index in [-0.39, 0.29) is 5.97 Å². The zero-order valence-electron chi connectivity index (χ0n) is 18.7. The quantitative estimate of drug-likeness (QED) is 0.118. The molecule has 5 rings (SSSR count). The smallest absolute Gasteiger partial charge is 0.343 e. The molecule has 0 atom stereocenters. The third-order valence-electron chi connectivity index (χ3n) is 5.18. The van der Waals surface area contributed by atoms with Crippen LogP contribution in [0.15, 0.2) is 120 Å². The third-order valence-corrected chi connectivity index (χ3v) is 6.19. The van der Waals surface area contributed by atoms with Crippen LogP contribution in [0.2, 0.25) is 0 Å². The number of benzene rings is 4. The van der Waals surface area contributed by atoms with Crippen LogP contribution < -0.4 is 10.2 Å². The Balaban J connectivity index is 1.29. The van der Waals surface area contributed by atoms with Crippen molar-refractivity contribution in [3.05, 3.63) is 126 Å². The number of aromatic nitrogens is 1. The van der Waals surface area contributed by atoms with Crippen molar-refractivity contribution in [3.8, 4) is 27.4 Å². The molecule has 1 N–H and O–H groups in total. The van der Waals surface area contributed by atoms with Crippen molar-refractivity contribution in [2.24, 2.45) is 5.10 Å². The summed E-state index contributed by atoms with van der Waals surface area (Å²) < 4.78 is 5.42. The van der Waals surface area contributed by atoms with Crippen LogP contribution in [-0.4, -0.2) is 17.2 Å². The zero-order chi connectivity index (χ0) is 23.9. The van der Waals surface area contributed by atoms with E-state index in [1.54, 1.807) is 53.9 Å². The molecule has 5 nitrogen and oxygen atoms in total. The van der Waals surface area contributed by atoms with Crippen molar-refractivity contribution >= 4 is 28.7 Å². The van der Waals surface area contributed by atoms with Gasteiger partial charge in [0.2, 0.25) is 5.13 Å². The van der Waals surface area contributed by atoms with Gasteiger partial charge in [0.25, 0.3) is 0 Å². The summed E-state index contributed by atoms with van der Waals surface area (Å²) in [5, 5.41) is 5.06. The Bertz CT molecular complexity index is 1380. The maximum Gasteiger partial charge on any atom is 0.343 e. The summed E-state index contributed by atoms with van der Waals surface area (Å²) in [7, 11) is 0. The molecule has 1 heterocycles. The number of hydrogen-bond acceptors (Lipinski definition) is 6. The summed E-state index contributed by atoms with van der Waals surface area (Å²) in [6, 6.07) is 36.4. The Hall–Kier alpha value is -4.55. The van der Waals surface area contributed by atoms with Gasteiger partial charge in [0.1, 0.15) is 5.75 Å². The zero-order valence-corrected chi connectivity index (χ0v) is 19.5. The van der Waals surface area contributed by atoms with Gasteiger partial charge in [-0.2, -0.15) is 5.10 Å². The average Bonchev–Trinajstić information content (AvgIpc) is 3.35. The molecule has 0 saturated heterocycles. The van der Waals surface area contributed by atoms with Crippen LogP contribution in [-0.2, 0) is 0 Å². The van der Waals surface area contributed by atoms with Crippen molar-refractivity contribution in [2.75, 3.05) is 5.43 Å². The van der Waals surface area contributed by atoms with Crippen LogP contribution in [0.1, 0.15) is 15.9 Å². The monoisotopic (exact) mass is 475 g/mol. The van der Waals surface area contributed by atoms with Gasteiger partial charge in [-0.1, -0.05) is 90.2 Å². The third kappa shape index (κ3) is 5.51. The van der Waals surface area contributed by atoms with Crippen LogP contribution in [0.25, 0.3) is 21.7 Å². The van der Waals surface area contributed by atoms with Gasteiger partial charge in [-0.3, -0.25) is 5.43 Å². The molecule has 0 spiro atoms. The van der Waals surface area contributed by atoms with E-state index in [2.05, 4.69) is 34.8 Å². The summed E-state index contributed by atoms with van der Waals surface area (Å²) in [4.78, 5) is 18.1. The number of hydrogen-bond donors (Lipinski definition) is 1. The Kier molecular flexibility index (Phi) is 6.73. The molecule has 0 amide bonds. The second kappa shape index (κ2) is 10.6. The standard InChI is InChI=1S/C29H21N3O2S/c33-28(24-14-8-3-9-15-24)34-25-18-16-21(17-19-25)20-30-32-29-31-26(22-10-4-1-5-11-22)27(35-29)23-12-6-2-7-13-23/h1-20H,(H,31,32)/b30-20-. The maximum absolute atomic E-state index is 12.2. The molecular formula is C29H21N3O2S. The molecular weight excluding hydrogens is 454 g/mol. The highest BCUT2D eigenvalue weighted by atomic mass is 32.1. The SMILES string of the molecule is O=C(Oc1ccc(/C=N\Nc2nc(-c3ccccc3)c(-c3ccccc3)s2)cc1)c1ccccc1. The Morgan fingerprint density at radius 2 is 1.37 bits per heavy atom. The molecule has 0 radical (unpaired) electrons. The number of esters is 1. The minimum Gasteiger partial charge on any atom is -0.423 e. The lowest BCUT2D eigenvalue weighted by Gasteiger charge is -2.04. The lowest BCUT2D eigenvalue weighted by Crippen LogP contribution is -2.08. The van der Waals surface area contributed by atoms with Crippen molar-refractivity contribution in [2.45, 2.75) is 0 Å². The molecule has 1 aromatic heterocycles. The number of hydrazone groups is 1. The van der Waals surface area contributed by atoms with Crippen molar-refractivity contribution in [1.29, 1.82) is 0 Å². The molecule has 0 aliphatic rings. The van der Waals surface area contributed by atoms with Gasteiger partial charge in [0, 0.05) is 5.56 Å². The normalized spacial score (nSPS) is 10.9. The maximum atomic E-state index is 12.2. The number of nitrogens with zero attached hydrogens (tertiary/aromatic N) is 2. The summed E-state index contributed by atoms with van der Waals surface area (Å²) >= 11 is 1.56. The topological polar surface area (TPSA) is 63.6 Å². The largest absolute Gasteiger partial charge is 0.423 e. The second-order valence-electron chi connectivity index (χ2n) is 7.62. The van der Waals surface area contributed by atoms with Crippen LogP contribution in [0.5, 0.6) is 5.75 Å². The minimum atomic E-state index is -0.388. The van der Waals surface area contributed by atoms with Crippen LogP contribution in [0, 0.1) is 0 Å². The fourth-order valence-corrected chi connectivity index (χ4v) is 4.41. The first-order chi connectivity index (χ1) is 17.3. The molecule has 0 aliphatic heterocycles. The van der Waals surface area contributed by atoms with Crippen LogP contribution in [0.4, 0.5) is 5.13 Å². The van der Waals surface area contributed by atoms with Gasteiger partial charge >= 0.3 is 5.97 Å². The fourth-order valence-electron chi connectivity index (χ4n) is 3.47. The highest BCUT2D eigenvalue weighted by molar-refractivity contribution is 7.19. The molecule has 5 aromatic rings. The predicted octanol–water partition coefficient (Wildman–Crippen LogP) is 7.14. The van der Waals surface area contributed by atoms with E-state index >= 15 is 0 Å². The first-order valence-electron chi connectivity index (χ1n) is 11.0. The molecule has 0 saturated carbocycles. The highest BCUT2D eigenvalue weighted by Crippen LogP contribution is 2.38. The fraction of sp³-hybridized carbons (Fsp3) is 0. The summed E-state index contributed by atoms with van der Waals surface area (Å²) in [5.74, 6) is 0.0878. The van der Waals surface area contributed by atoms with Gasteiger partial charge < -0.3 is 4.74 Å². The lowest BCUT2D eigenvalue weighted by atomic mass is 10.1. The highest BCUT2D eigenvalue weighted by Gasteiger charge is 2.14. The minimum absolute atomic E-state index is 0.388. The number of carbonyl (C=O) groups excluding carboxylic acids is 1. The Morgan fingerprint density at radius 1 is 0.771 bits per heavy atom. The van der Waals surface area contributed by atoms with Crippen molar-refractivity contribution in [3.63, 3.8) is 0 Å². The van der Waals surface area contributed by atoms with Crippen LogP contribution in [0.3, 0.4) is 0 Å². The van der Waals surface area contributed by atoms with E-state index in [0.29, 0.717) is 16.4 Å². The summed E-state index contributed by atoms with van der Waals surface area (Å²) in [6.07, 6.45) is 1.70. The van der Waals surface area contributed by atoms with E-state index in [1.807, 2.05) is 54.6 Å². The molecule has 0 unspecified atom stereocenters. The number of anilines is 1. The number of ether oxygens (including phenoxy) is 1. The first kappa shape index (κ1) is 22.3. The van der Waals surface area contributed by atoms with Gasteiger partial charge in [0.15, 0.2) is 0 Å². The number of nitrogens with one attached hydrogen (secondary N) is 1. The lowest BCUT2D eigenvalue weighted by molar-refractivity contribution is 0.0735. The summed E-state index contributed by atoms with van der Waals surface area (Å²) in [5.41, 5.74) is 7.51.